The first kappa shape index (κ1) is 6.29. The van der Waals surface area contributed by atoms with Crippen molar-refractivity contribution in [3.8, 4) is 0 Å². The average Bonchev–Trinajstić information content (AvgIpc) is 2.37. The maximum atomic E-state index is 7.18. The average molecular weight is 141 g/mol. The minimum Gasteiger partial charge on any atom is -0.480 e. The SMILES string of the molecule is COC(=N)c1cccs1. The fraction of sp³-hybridized carbons (Fsp3) is 0.167. The van der Waals surface area contributed by atoms with Gasteiger partial charge >= 0.3 is 0 Å². The number of thiophene rings is 1. The van der Waals surface area contributed by atoms with Crippen molar-refractivity contribution in [1.29, 1.82) is 5.41 Å². The monoisotopic (exact) mass is 141 g/mol. The number of methoxy groups -OCH3 is 1. The predicted octanol–water partition coefficient (Wildman–Crippen LogP) is 1.72. The number of nitrogens with one attached hydrogen (secondary N) is 1. The molecule has 0 atom stereocenters. The summed E-state index contributed by atoms with van der Waals surface area (Å²) >= 11 is 1.51. The van der Waals surface area contributed by atoms with Gasteiger partial charge in [-0.1, -0.05) is 6.07 Å². The van der Waals surface area contributed by atoms with Crippen molar-refractivity contribution in [2.24, 2.45) is 0 Å². The van der Waals surface area contributed by atoms with Gasteiger partial charge in [-0.25, -0.2) is 0 Å². The molecule has 0 fully saturated rings. The van der Waals surface area contributed by atoms with Gasteiger partial charge in [-0.2, -0.15) is 0 Å². The number of ether oxygens (including phenoxy) is 1. The highest BCUT2D eigenvalue weighted by atomic mass is 32.1. The molecule has 0 aromatic carbocycles. The third-order valence-corrected chi connectivity index (χ3v) is 1.82. The van der Waals surface area contributed by atoms with E-state index in [4.69, 9.17) is 5.41 Å². The molecule has 0 radical (unpaired) electrons. The van der Waals surface area contributed by atoms with E-state index in [0.717, 1.165) is 4.88 Å². The van der Waals surface area contributed by atoms with Crippen LogP contribution >= 0.6 is 11.3 Å². The summed E-state index contributed by atoms with van der Waals surface area (Å²) in [5.74, 6) is 0.241. The first-order valence-corrected chi connectivity index (χ1v) is 3.39. The molecule has 0 aliphatic carbocycles. The van der Waals surface area contributed by atoms with Gasteiger partial charge in [0, 0.05) is 0 Å². The lowest BCUT2D eigenvalue weighted by molar-refractivity contribution is 0.402. The van der Waals surface area contributed by atoms with E-state index in [0.29, 0.717) is 0 Å². The zero-order chi connectivity index (χ0) is 6.69. The molecule has 0 saturated carbocycles. The van der Waals surface area contributed by atoms with Gasteiger partial charge in [-0.05, 0) is 11.4 Å². The Morgan fingerprint density at radius 1 is 1.78 bits per heavy atom. The van der Waals surface area contributed by atoms with E-state index in [1.807, 2.05) is 17.5 Å². The maximum Gasteiger partial charge on any atom is 0.223 e. The molecule has 0 bridgehead atoms. The summed E-state index contributed by atoms with van der Waals surface area (Å²) < 4.78 is 4.69. The molecule has 0 aliphatic rings. The largest absolute Gasteiger partial charge is 0.480 e. The number of rotatable bonds is 1. The molecule has 1 N–H and O–H groups in total. The molecule has 3 heteroatoms. The van der Waals surface area contributed by atoms with Crippen molar-refractivity contribution in [1.82, 2.24) is 0 Å². The zero-order valence-corrected chi connectivity index (χ0v) is 5.87. The highest BCUT2D eigenvalue weighted by Gasteiger charge is 1.98. The summed E-state index contributed by atoms with van der Waals surface area (Å²) in [4.78, 5) is 0.873. The summed E-state index contributed by atoms with van der Waals surface area (Å²) in [7, 11) is 1.50. The van der Waals surface area contributed by atoms with Crippen LogP contribution in [0.4, 0.5) is 0 Å². The molecule has 1 rings (SSSR count). The maximum absolute atomic E-state index is 7.18. The van der Waals surface area contributed by atoms with Crippen molar-refractivity contribution in [3.63, 3.8) is 0 Å². The molecule has 1 aromatic heterocycles. The Bertz CT molecular complexity index is 193. The first-order valence-electron chi connectivity index (χ1n) is 2.51. The lowest BCUT2D eigenvalue weighted by atomic mass is 10.5. The summed E-state index contributed by atoms with van der Waals surface area (Å²) in [6.45, 7) is 0. The van der Waals surface area contributed by atoms with E-state index in [-0.39, 0.29) is 5.90 Å². The van der Waals surface area contributed by atoms with Crippen LogP contribution in [0.15, 0.2) is 17.5 Å². The first-order chi connectivity index (χ1) is 4.34. The Morgan fingerprint density at radius 3 is 3.00 bits per heavy atom. The zero-order valence-electron chi connectivity index (χ0n) is 5.05. The molecular formula is C6H7NOS. The van der Waals surface area contributed by atoms with Gasteiger partial charge in [0.1, 0.15) is 0 Å². The van der Waals surface area contributed by atoms with Crippen LogP contribution in [0.1, 0.15) is 4.88 Å². The molecular weight excluding hydrogens is 134 g/mol. The van der Waals surface area contributed by atoms with Crippen molar-refractivity contribution in [2.75, 3.05) is 7.11 Å². The van der Waals surface area contributed by atoms with Gasteiger partial charge in [0.2, 0.25) is 5.90 Å². The van der Waals surface area contributed by atoms with E-state index in [1.165, 1.54) is 18.4 Å². The molecule has 9 heavy (non-hydrogen) atoms. The molecule has 0 aliphatic heterocycles. The standard InChI is InChI=1S/C6H7NOS/c1-8-6(7)5-3-2-4-9-5/h2-4,7H,1H3. The van der Waals surface area contributed by atoms with E-state index in [1.54, 1.807) is 0 Å². The van der Waals surface area contributed by atoms with Crippen LogP contribution < -0.4 is 0 Å². The molecule has 0 spiro atoms. The van der Waals surface area contributed by atoms with Crippen molar-refractivity contribution >= 4 is 17.2 Å². The van der Waals surface area contributed by atoms with Crippen LogP contribution in [0.2, 0.25) is 0 Å². The van der Waals surface area contributed by atoms with Gasteiger partial charge in [-0.3, -0.25) is 5.41 Å². The van der Waals surface area contributed by atoms with Crippen LogP contribution in [0, 0.1) is 5.41 Å². The van der Waals surface area contributed by atoms with Gasteiger partial charge in [-0.15, -0.1) is 11.3 Å². The Morgan fingerprint density at radius 2 is 2.56 bits per heavy atom. The molecule has 0 amide bonds. The van der Waals surface area contributed by atoms with Gasteiger partial charge in [0.05, 0.1) is 12.0 Å². The number of hydrogen-bond donors (Lipinski definition) is 1. The number of hydrogen-bond acceptors (Lipinski definition) is 3. The quantitative estimate of drug-likeness (QED) is 0.469. The van der Waals surface area contributed by atoms with Gasteiger partial charge < -0.3 is 4.74 Å². The minimum absolute atomic E-state index is 0.241. The second kappa shape index (κ2) is 2.64. The smallest absolute Gasteiger partial charge is 0.223 e. The van der Waals surface area contributed by atoms with Gasteiger partial charge in [0.25, 0.3) is 0 Å². The normalized spacial score (nSPS) is 9.00. The molecule has 0 unspecified atom stereocenters. The van der Waals surface area contributed by atoms with Crippen molar-refractivity contribution < 1.29 is 4.74 Å². The third kappa shape index (κ3) is 1.29. The lowest BCUT2D eigenvalue weighted by Gasteiger charge is -1.94. The highest BCUT2D eigenvalue weighted by Crippen LogP contribution is 2.08. The van der Waals surface area contributed by atoms with E-state index >= 15 is 0 Å². The predicted molar refractivity (Wildman–Crippen MR) is 38.2 cm³/mol. The van der Waals surface area contributed by atoms with E-state index in [9.17, 15) is 0 Å². The summed E-state index contributed by atoms with van der Waals surface area (Å²) in [5, 5.41) is 9.10. The van der Waals surface area contributed by atoms with Gasteiger partial charge in [0.15, 0.2) is 0 Å². The van der Waals surface area contributed by atoms with Crippen LogP contribution in [0.5, 0.6) is 0 Å². The Kier molecular flexibility index (Phi) is 1.85. The Hall–Kier alpha value is -0.830. The van der Waals surface area contributed by atoms with Crippen molar-refractivity contribution in [3.05, 3.63) is 22.4 Å². The minimum atomic E-state index is 0.241. The van der Waals surface area contributed by atoms with Crippen LogP contribution in [0.3, 0.4) is 0 Å². The molecule has 1 heterocycles. The molecule has 2 nitrogen and oxygen atoms in total. The van der Waals surface area contributed by atoms with Crippen LogP contribution in [-0.4, -0.2) is 13.0 Å². The van der Waals surface area contributed by atoms with Crippen molar-refractivity contribution in [2.45, 2.75) is 0 Å². The summed E-state index contributed by atoms with van der Waals surface area (Å²) in [6.07, 6.45) is 0. The third-order valence-electron chi connectivity index (χ3n) is 0.949. The second-order valence-corrected chi connectivity index (χ2v) is 2.46. The van der Waals surface area contributed by atoms with E-state index < -0.39 is 0 Å². The fourth-order valence-electron chi connectivity index (χ4n) is 0.508. The fourth-order valence-corrected chi connectivity index (χ4v) is 1.16. The van der Waals surface area contributed by atoms with E-state index in [2.05, 4.69) is 4.74 Å². The van der Waals surface area contributed by atoms with Crippen LogP contribution in [-0.2, 0) is 4.74 Å². The summed E-state index contributed by atoms with van der Waals surface area (Å²) in [6, 6.07) is 3.75. The lowest BCUT2D eigenvalue weighted by Crippen LogP contribution is -1.96. The molecule has 0 saturated heterocycles. The summed E-state index contributed by atoms with van der Waals surface area (Å²) in [5.41, 5.74) is 0. The Labute approximate surface area is 57.6 Å². The topological polar surface area (TPSA) is 33.1 Å². The molecule has 48 valence electrons. The Balaban J connectivity index is 2.77. The highest BCUT2D eigenvalue weighted by molar-refractivity contribution is 7.12. The van der Waals surface area contributed by atoms with Crippen LogP contribution in [0.25, 0.3) is 0 Å². The second-order valence-electron chi connectivity index (χ2n) is 1.51. The molecule has 1 aromatic rings.